The van der Waals surface area contributed by atoms with Gasteiger partial charge in [0.1, 0.15) is 6.26 Å². The van der Waals surface area contributed by atoms with Gasteiger partial charge >= 0.3 is 5.97 Å². The number of carbonyl (C=O) groups is 1. The van der Waals surface area contributed by atoms with Crippen LogP contribution >= 0.6 is 0 Å². The van der Waals surface area contributed by atoms with Crippen LogP contribution in [0.1, 0.15) is 18.2 Å². The lowest BCUT2D eigenvalue weighted by molar-refractivity contribution is -0.145. The summed E-state index contributed by atoms with van der Waals surface area (Å²) in [6, 6.07) is 8.06. The molecule has 1 aromatic heterocycles. The van der Waals surface area contributed by atoms with Gasteiger partial charge in [0.2, 0.25) is 5.89 Å². The van der Waals surface area contributed by atoms with E-state index in [1.807, 2.05) is 31.2 Å². The Morgan fingerprint density at radius 3 is 2.78 bits per heavy atom. The molecule has 3 rings (SSSR count). The summed E-state index contributed by atoms with van der Waals surface area (Å²) in [6.45, 7) is 5.95. The fourth-order valence-corrected chi connectivity index (χ4v) is 3.32. The summed E-state index contributed by atoms with van der Waals surface area (Å²) in [5, 5.41) is 3.30. The second-order valence-corrected chi connectivity index (χ2v) is 6.92. The zero-order valence-electron chi connectivity index (χ0n) is 16.2. The van der Waals surface area contributed by atoms with Gasteiger partial charge < -0.3 is 19.4 Å². The molecule has 144 valence electrons. The van der Waals surface area contributed by atoms with Gasteiger partial charge in [-0.1, -0.05) is 24.6 Å². The van der Waals surface area contributed by atoms with Crippen LogP contribution in [0.2, 0.25) is 0 Å². The van der Waals surface area contributed by atoms with Crippen molar-refractivity contribution in [1.29, 1.82) is 0 Å². The molecule has 7 nitrogen and oxygen atoms in total. The summed E-state index contributed by atoms with van der Waals surface area (Å²) in [6.07, 6.45) is 1.65. The summed E-state index contributed by atoms with van der Waals surface area (Å²) in [7, 11) is 3.17. The van der Waals surface area contributed by atoms with Gasteiger partial charge in [-0.25, -0.2) is 4.98 Å². The van der Waals surface area contributed by atoms with Gasteiger partial charge in [-0.2, -0.15) is 0 Å². The Kier molecular flexibility index (Phi) is 5.78. The van der Waals surface area contributed by atoms with E-state index in [4.69, 9.17) is 9.15 Å². The van der Waals surface area contributed by atoms with Gasteiger partial charge in [-0.05, 0) is 25.0 Å². The first kappa shape index (κ1) is 18.9. The third-order valence-corrected chi connectivity index (χ3v) is 4.91. The number of aryl methyl sites for hydroxylation is 1. The average molecular weight is 370 g/mol. The highest BCUT2D eigenvalue weighted by atomic mass is 16.5. The Hall–Kier alpha value is -2.83. The number of esters is 1. The number of aromatic nitrogens is 1. The highest BCUT2D eigenvalue weighted by Crippen LogP contribution is 2.24. The second kappa shape index (κ2) is 8.24. The lowest BCUT2D eigenvalue weighted by atomic mass is 9.99. The zero-order valence-corrected chi connectivity index (χ0v) is 16.2. The molecule has 2 atom stereocenters. The topological polar surface area (TPSA) is 80.0 Å². The Labute approximate surface area is 159 Å². The number of hydrogen-bond acceptors (Lipinski definition) is 5. The summed E-state index contributed by atoms with van der Waals surface area (Å²) in [5.74, 6) is 1.26. The number of likely N-dealkylation sites (tertiary alicyclic amines) is 1. The summed E-state index contributed by atoms with van der Waals surface area (Å²) in [5.41, 5.74) is 2.94. The molecule has 1 N–H and O–H groups in total. The minimum absolute atomic E-state index is 0.131. The van der Waals surface area contributed by atoms with Crippen molar-refractivity contribution in [1.82, 2.24) is 15.2 Å². The van der Waals surface area contributed by atoms with Crippen LogP contribution in [0, 0.1) is 18.8 Å². The number of ether oxygens (including phenoxy) is 1. The van der Waals surface area contributed by atoms with Crippen LogP contribution in [0.15, 0.2) is 39.9 Å². The van der Waals surface area contributed by atoms with Crippen molar-refractivity contribution in [2.45, 2.75) is 20.4 Å². The van der Waals surface area contributed by atoms with Gasteiger partial charge in [0.15, 0.2) is 5.96 Å². The lowest BCUT2D eigenvalue weighted by Crippen LogP contribution is -2.40. The molecule has 7 heteroatoms. The standard InChI is InChI=1S/C20H26N4O3/c1-13-5-7-15(8-6-13)18-23-16(12-27-18)9-22-20(21-3)24-10-14(2)17(11-24)19(25)26-4/h5-8,12,14,17H,9-11H2,1-4H3,(H,21,22). The number of guanidine groups is 1. The molecule has 0 spiro atoms. The van der Waals surface area contributed by atoms with E-state index in [1.54, 1.807) is 13.3 Å². The number of benzene rings is 1. The first-order chi connectivity index (χ1) is 13.0. The van der Waals surface area contributed by atoms with Crippen molar-refractivity contribution in [3.63, 3.8) is 0 Å². The van der Waals surface area contributed by atoms with E-state index in [1.165, 1.54) is 12.7 Å². The predicted molar refractivity (Wildman–Crippen MR) is 103 cm³/mol. The number of aliphatic imine (C=N–C) groups is 1. The zero-order chi connectivity index (χ0) is 19.4. The number of carbonyl (C=O) groups excluding carboxylic acids is 1. The number of methoxy groups -OCH3 is 1. The van der Waals surface area contributed by atoms with Crippen molar-refractivity contribution in [2.24, 2.45) is 16.8 Å². The molecule has 0 radical (unpaired) electrons. The fourth-order valence-electron chi connectivity index (χ4n) is 3.32. The maximum atomic E-state index is 11.9. The van der Waals surface area contributed by atoms with E-state index in [2.05, 4.69) is 27.1 Å². The quantitative estimate of drug-likeness (QED) is 0.506. The SMILES string of the molecule is CN=C(NCc1coc(-c2ccc(C)cc2)n1)N1CC(C)C(C(=O)OC)C1. The van der Waals surface area contributed by atoms with E-state index in [0.717, 1.165) is 23.8 Å². The molecule has 1 aromatic carbocycles. The summed E-state index contributed by atoms with van der Waals surface area (Å²) >= 11 is 0. The van der Waals surface area contributed by atoms with Gasteiger partial charge in [0.25, 0.3) is 0 Å². The first-order valence-corrected chi connectivity index (χ1v) is 9.06. The van der Waals surface area contributed by atoms with E-state index in [9.17, 15) is 4.79 Å². The molecule has 0 aliphatic carbocycles. The normalized spacial score (nSPS) is 20.0. The highest BCUT2D eigenvalue weighted by Gasteiger charge is 2.36. The van der Waals surface area contributed by atoms with Crippen molar-refractivity contribution in [3.05, 3.63) is 41.8 Å². The molecule has 1 saturated heterocycles. The number of nitrogens with one attached hydrogen (secondary N) is 1. The molecule has 0 bridgehead atoms. The second-order valence-electron chi connectivity index (χ2n) is 6.92. The molecule has 0 saturated carbocycles. The lowest BCUT2D eigenvalue weighted by Gasteiger charge is -2.21. The minimum Gasteiger partial charge on any atom is -0.469 e. The van der Waals surface area contributed by atoms with Gasteiger partial charge in [-0.3, -0.25) is 9.79 Å². The maximum Gasteiger partial charge on any atom is 0.310 e. The average Bonchev–Trinajstić information content (AvgIpc) is 3.29. The van der Waals surface area contributed by atoms with Crippen molar-refractivity contribution < 1.29 is 13.9 Å². The summed E-state index contributed by atoms with van der Waals surface area (Å²) in [4.78, 5) is 22.8. The molecule has 2 aromatic rings. The van der Waals surface area contributed by atoms with Crippen LogP contribution in [-0.4, -0.2) is 49.1 Å². The maximum absolute atomic E-state index is 11.9. The van der Waals surface area contributed by atoms with Crippen LogP contribution in [0.3, 0.4) is 0 Å². The molecule has 27 heavy (non-hydrogen) atoms. The Bertz CT molecular complexity index is 813. The monoisotopic (exact) mass is 370 g/mol. The first-order valence-electron chi connectivity index (χ1n) is 9.06. The molecular formula is C20H26N4O3. The van der Waals surface area contributed by atoms with Crippen LogP contribution in [-0.2, 0) is 16.1 Å². The smallest absolute Gasteiger partial charge is 0.310 e. The Morgan fingerprint density at radius 2 is 2.11 bits per heavy atom. The molecule has 1 fully saturated rings. The predicted octanol–water partition coefficient (Wildman–Crippen LogP) is 2.47. The third-order valence-electron chi connectivity index (χ3n) is 4.91. The molecule has 2 unspecified atom stereocenters. The van der Waals surface area contributed by atoms with Gasteiger partial charge in [-0.15, -0.1) is 0 Å². The molecule has 2 heterocycles. The fraction of sp³-hybridized carbons (Fsp3) is 0.450. The molecular weight excluding hydrogens is 344 g/mol. The number of oxazole rings is 1. The van der Waals surface area contributed by atoms with E-state index < -0.39 is 0 Å². The van der Waals surface area contributed by atoms with E-state index >= 15 is 0 Å². The number of nitrogens with zero attached hydrogens (tertiary/aromatic N) is 3. The summed E-state index contributed by atoms with van der Waals surface area (Å²) < 4.78 is 10.5. The molecule has 0 amide bonds. The van der Waals surface area contributed by atoms with Gasteiger partial charge in [0, 0.05) is 25.7 Å². The van der Waals surface area contributed by atoms with Crippen molar-refractivity contribution in [2.75, 3.05) is 27.2 Å². The van der Waals surface area contributed by atoms with E-state index in [0.29, 0.717) is 19.0 Å². The van der Waals surface area contributed by atoms with E-state index in [-0.39, 0.29) is 17.8 Å². The van der Waals surface area contributed by atoms with Crippen LogP contribution in [0.5, 0.6) is 0 Å². The molecule has 1 aliphatic rings. The third kappa shape index (κ3) is 4.30. The minimum atomic E-state index is -0.167. The van der Waals surface area contributed by atoms with Crippen LogP contribution in [0.4, 0.5) is 0 Å². The number of hydrogen-bond donors (Lipinski definition) is 1. The van der Waals surface area contributed by atoms with Crippen molar-refractivity contribution in [3.8, 4) is 11.5 Å². The molecule has 1 aliphatic heterocycles. The largest absolute Gasteiger partial charge is 0.469 e. The number of rotatable bonds is 4. The van der Waals surface area contributed by atoms with Crippen LogP contribution in [0.25, 0.3) is 11.5 Å². The van der Waals surface area contributed by atoms with Gasteiger partial charge in [0.05, 0.1) is 25.3 Å². The van der Waals surface area contributed by atoms with Crippen LogP contribution < -0.4 is 5.32 Å². The Morgan fingerprint density at radius 1 is 1.37 bits per heavy atom. The Balaban J connectivity index is 1.61. The highest BCUT2D eigenvalue weighted by molar-refractivity contribution is 5.82. The van der Waals surface area contributed by atoms with Crippen molar-refractivity contribution >= 4 is 11.9 Å².